The maximum Gasteiger partial charge on any atom is 0.414 e. The van der Waals surface area contributed by atoms with E-state index < -0.39 is 0 Å². The number of amides is 1. The molecule has 1 aromatic rings. The molecule has 1 heterocycles. The van der Waals surface area contributed by atoms with E-state index in [4.69, 9.17) is 14.7 Å². The second kappa shape index (κ2) is 7.01. The van der Waals surface area contributed by atoms with Crippen LogP contribution < -0.4 is 4.90 Å². The van der Waals surface area contributed by atoms with Gasteiger partial charge in [0.2, 0.25) is 0 Å². The first-order chi connectivity index (χ1) is 11.2. The van der Waals surface area contributed by atoms with E-state index in [0.717, 1.165) is 31.4 Å². The molecule has 5 heteroatoms. The van der Waals surface area contributed by atoms with Crippen LogP contribution in [0.3, 0.4) is 0 Å². The van der Waals surface area contributed by atoms with Crippen LogP contribution in [0.25, 0.3) is 0 Å². The number of hydrogen-bond acceptors (Lipinski definition) is 4. The second-order valence-corrected chi connectivity index (χ2v) is 6.34. The monoisotopic (exact) mass is 314 g/mol. The van der Waals surface area contributed by atoms with Crippen molar-refractivity contribution in [1.82, 2.24) is 0 Å². The first-order valence-electron chi connectivity index (χ1n) is 8.18. The zero-order valence-corrected chi connectivity index (χ0v) is 13.4. The number of nitriles is 1. The van der Waals surface area contributed by atoms with E-state index in [0.29, 0.717) is 19.1 Å². The molecule has 0 N–H and O–H groups in total. The predicted molar refractivity (Wildman–Crippen MR) is 86.2 cm³/mol. The zero-order chi connectivity index (χ0) is 16.2. The highest BCUT2D eigenvalue weighted by molar-refractivity contribution is 5.89. The molecule has 5 nitrogen and oxygen atoms in total. The Bertz CT molecular complexity index is 585. The third kappa shape index (κ3) is 3.48. The van der Waals surface area contributed by atoms with E-state index in [1.54, 1.807) is 12.0 Å². The summed E-state index contributed by atoms with van der Waals surface area (Å²) in [6, 6.07) is 10.6. The Morgan fingerprint density at radius 2 is 1.96 bits per heavy atom. The summed E-state index contributed by atoms with van der Waals surface area (Å²) in [4.78, 5) is 13.6. The smallest absolute Gasteiger partial charge is 0.414 e. The molecule has 0 radical (unpaired) electrons. The van der Waals surface area contributed by atoms with Crippen molar-refractivity contribution in [2.75, 3.05) is 25.2 Å². The van der Waals surface area contributed by atoms with Crippen molar-refractivity contribution in [3.63, 3.8) is 0 Å². The number of ether oxygens (including phenoxy) is 2. The number of rotatable bonds is 4. The standard InChI is InChI=1S/C18H22N2O3/c1-22-12-17-11-20(18(21)23-17)16-8-6-15(7-9-16)14-4-2-13(10-19)3-5-14/h6-9,13-14,17H,2-5,11-12H2,1H3. The SMILES string of the molecule is COCC1CN(c2ccc(C3CCC(C#N)CC3)cc2)C(=O)O1. The fourth-order valence-electron chi connectivity index (χ4n) is 3.49. The lowest BCUT2D eigenvalue weighted by Gasteiger charge is -2.25. The minimum atomic E-state index is -0.311. The molecule has 1 aromatic carbocycles. The predicted octanol–water partition coefficient (Wildman–Crippen LogP) is 3.46. The van der Waals surface area contributed by atoms with Crippen LogP contribution in [-0.4, -0.2) is 32.5 Å². The zero-order valence-electron chi connectivity index (χ0n) is 13.4. The van der Waals surface area contributed by atoms with Crippen molar-refractivity contribution >= 4 is 11.8 Å². The Morgan fingerprint density at radius 3 is 2.57 bits per heavy atom. The van der Waals surface area contributed by atoms with Gasteiger partial charge in [0.25, 0.3) is 0 Å². The number of carbonyl (C=O) groups excluding carboxylic acids is 1. The molecule has 3 rings (SSSR count). The number of cyclic esters (lactones) is 1. The van der Waals surface area contributed by atoms with Gasteiger partial charge < -0.3 is 9.47 Å². The van der Waals surface area contributed by atoms with Crippen LogP contribution in [-0.2, 0) is 9.47 Å². The largest absolute Gasteiger partial charge is 0.441 e. The fourth-order valence-corrected chi connectivity index (χ4v) is 3.49. The first kappa shape index (κ1) is 15.8. The van der Waals surface area contributed by atoms with Gasteiger partial charge in [-0.25, -0.2) is 4.79 Å². The Labute approximate surface area is 136 Å². The Morgan fingerprint density at radius 1 is 1.26 bits per heavy atom. The van der Waals surface area contributed by atoms with Crippen molar-refractivity contribution in [2.45, 2.75) is 37.7 Å². The van der Waals surface area contributed by atoms with Gasteiger partial charge in [-0.2, -0.15) is 5.26 Å². The van der Waals surface area contributed by atoms with Crippen LogP contribution in [0.5, 0.6) is 0 Å². The third-order valence-corrected chi connectivity index (χ3v) is 4.81. The van der Waals surface area contributed by atoms with Gasteiger partial charge in [-0.15, -0.1) is 0 Å². The normalized spacial score (nSPS) is 27.6. The molecule has 1 amide bonds. The highest BCUT2D eigenvalue weighted by Gasteiger charge is 2.32. The molecule has 122 valence electrons. The van der Waals surface area contributed by atoms with Crippen LogP contribution >= 0.6 is 0 Å². The summed E-state index contributed by atoms with van der Waals surface area (Å²) in [5.74, 6) is 0.753. The molecule has 23 heavy (non-hydrogen) atoms. The van der Waals surface area contributed by atoms with Gasteiger partial charge in [0.05, 0.1) is 19.2 Å². The molecular weight excluding hydrogens is 292 g/mol. The fraction of sp³-hybridized carbons (Fsp3) is 0.556. The van der Waals surface area contributed by atoms with E-state index in [2.05, 4.69) is 18.2 Å². The van der Waals surface area contributed by atoms with Crippen molar-refractivity contribution in [1.29, 1.82) is 5.26 Å². The molecule has 1 aliphatic carbocycles. The summed E-state index contributed by atoms with van der Waals surface area (Å²) in [5.41, 5.74) is 2.16. The first-order valence-corrected chi connectivity index (χ1v) is 8.18. The van der Waals surface area contributed by atoms with Gasteiger partial charge in [0.1, 0.15) is 6.10 Å². The average Bonchev–Trinajstić information content (AvgIpc) is 2.96. The maximum absolute atomic E-state index is 11.9. The molecule has 0 aromatic heterocycles. The summed E-state index contributed by atoms with van der Waals surface area (Å²) >= 11 is 0. The lowest BCUT2D eigenvalue weighted by Crippen LogP contribution is -2.25. The van der Waals surface area contributed by atoms with Crippen LogP contribution in [0, 0.1) is 17.2 Å². The number of hydrogen-bond donors (Lipinski definition) is 0. The van der Waals surface area contributed by atoms with Gasteiger partial charge in [-0.1, -0.05) is 12.1 Å². The number of benzene rings is 1. The second-order valence-electron chi connectivity index (χ2n) is 6.34. The summed E-state index contributed by atoms with van der Waals surface area (Å²) in [5, 5.41) is 8.98. The maximum atomic E-state index is 11.9. The number of carbonyl (C=O) groups is 1. The van der Waals surface area contributed by atoms with E-state index in [-0.39, 0.29) is 18.1 Å². The molecule has 0 bridgehead atoms. The molecule has 2 fully saturated rings. The Balaban J connectivity index is 1.64. The molecule has 1 saturated carbocycles. The molecule has 1 aliphatic heterocycles. The Kier molecular flexibility index (Phi) is 4.82. The lowest BCUT2D eigenvalue weighted by molar-refractivity contribution is 0.0718. The van der Waals surface area contributed by atoms with Crippen LogP contribution in [0.1, 0.15) is 37.2 Å². The lowest BCUT2D eigenvalue weighted by atomic mass is 9.79. The minimum Gasteiger partial charge on any atom is -0.441 e. The summed E-state index contributed by atoms with van der Waals surface area (Å²) in [6.07, 6.45) is 3.60. The number of anilines is 1. The molecule has 1 atom stereocenters. The number of nitrogens with zero attached hydrogens (tertiary/aromatic N) is 2. The van der Waals surface area contributed by atoms with Crippen molar-refractivity contribution in [3.05, 3.63) is 29.8 Å². The van der Waals surface area contributed by atoms with Gasteiger partial charge in [-0.05, 0) is 49.3 Å². The molecule has 0 spiro atoms. The minimum absolute atomic E-state index is 0.201. The summed E-state index contributed by atoms with van der Waals surface area (Å²) in [7, 11) is 1.60. The molecule has 1 unspecified atom stereocenters. The van der Waals surface area contributed by atoms with Crippen LogP contribution in [0.2, 0.25) is 0 Å². The van der Waals surface area contributed by atoms with Crippen molar-refractivity contribution in [3.8, 4) is 6.07 Å². The van der Waals surface area contributed by atoms with E-state index in [1.165, 1.54) is 5.56 Å². The average molecular weight is 314 g/mol. The van der Waals surface area contributed by atoms with E-state index in [9.17, 15) is 4.79 Å². The van der Waals surface area contributed by atoms with Gasteiger partial charge in [0, 0.05) is 18.7 Å². The molecule has 1 saturated heterocycles. The topological polar surface area (TPSA) is 62.6 Å². The Hall–Kier alpha value is -2.06. The van der Waals surface area contributed by atoms with Gasteiger partial charge >= 0.3 is 6.09 Å². The highest BCUT2D eigenvalue weighted by atomic mass is 16.6. The van der Waals surface area contributed by atoms with Gasteiger partial charge in [0.15, 0.2) is 0 Å². The van der Waals surface area contributed by atoms with Crippen LogP contribution in [0.15, 0.2) is 24.3 Å². The summed E-state index contributed by atoms with van der Waals surface area (Å²) < 4.78 is 10.3. The van der Waals surface area contributed by atoms with E-state index >= 15 is 0 Å². The molecular formula is C18H22N2O3. The van der Waals surface area contributed by atoms with Crippen molar-refractivity contribution in [2.24, 2.45) is 5.92 Å². The van der Waals surface area contributed by atoms with E-state index in [1.807, 2.05) is 12.1 Å². The van der Waals surface area contributed by atoms with Gasteiger partial charge in [-0.3, -0.25) is 4.90 Å². The quantitative estimate of drug-likeness (QED) is 0.854. The molecule has 2 aliphatic rings. The summed E-state index contributed by atoms with van der Waals surface area (Å²) in [6.45, 7) is 0.946. The third-order valence-electron chi connectivity index (χ3n) is 4.81. The van der Waals surface area contributed by atoms with Crippen molar-refractivity contribution < 1.29 is 14.3 Å². The highest BCUT2D eigenvalue weighted by Crippen LogP contribution is 2.36. The van der Waals surface area contributed by atoms with Crippen LogP contribution in [0.4, 0.5) is 10.5 Å². The number of methoxy groups -OCH3 is 1.